The van der Waals surface area contributed by atoms with Gasteiger partial charge in [0.25, 0.3) is 0 Å². The number of hydrogen-bond donors (Lipinski definition) is 2. The van der Waals surface area contributed by atoms with E-state index in [4.69, 9.17) is 4.74 Å². The Balaban J connectivity index is 0.00000196. The normalized spacial score (nSPS) is 16.7. The summed E-state index contributed by atoms with van der Waals surface area (Å²) in [4.78, 5) is 11.4. The van der Waals surface area contributed by atoms with Gasteiger partial charge in [-0.05, 0) is 25.8 Å². The van der Waals surface area contributed by atoms with E-state index in [-0.39, 0.29) is 24.4 Å². The van der Waals surface area contributed by atoms with E-state index in [1.54, 1.807) is 7.11 Å². The Hall–Kier alpha value is -0.320. The predicted octanol–water partition coefficient (Wildman–Crippen LogP) is 0.559. The van der Waals surface area contributed by atoms with E-state index in [2.05, 4.69) is 10.6 Å². The van der Waals surface area contributed by atoms with Crippen LogP contribution >= 0.6 is 12.4 Å². The molecule has 0 aliphatic heterocycles. The van der Waals surface area contributed by atoms with Crippen LogP contribution in [0.25, 0.3) is 0 Å². The highest BCUT2D eigenvalue weighted by molar-refractivity contribution is 5.85. The van der Waals surface area contributed by atoms with E-state index in [9.17, 15) is 4.79 Å². The number of carbonyl (C=O) groups is 1. The smallest absolute Gasteiger partial charge is 0.221 e. The largest absolute Gasteiger partial charge is 0.383 e. The van der Waals surface area contributed by atoms with Gasteiger partial charge in [-0.3, -0.25) is 4.79 Å². The molecule has 0 spiro atoms. The van der Waals surface area contributed by atoms with Crippen molar-refractivity contribution in [2.24, 2.45) is 5.92 Å². The van der Waals surface area contributed by atoms with E-state index in [0.29, 0.717) is 18.9 Å². The van der Waals surface area contributed by atoms with E-state index < -0.39 is 0 Å². The number of rotatable bonds is 7. The van der Waals surface area contributed by atoms with Crippen molar-refractivity contribution in [1.82, 2.24) is 10.6 Å². The van der Waals surface area contributed by atoms with Crippen molar-refractivity contribution in [3.8, 4) is 0 Å². The highest BCUT2D eigenvalue weighted by Gasteiger charge is 2.31. The summed E-state index contributed by atoms with van der Waals surface area (Å²) in [6.45, 7) is 1.37. The first-order valence-corrected chi connectivity index (χ1v) is 5.20. The van der Waals surface area contributed by atoms with Crippen LogP contribution in [0.15, 0.2) is 0 Å². The molecule has 15 heavy (non-hydrogen) atoms. The van der Waals surface area contributed by atoms with Crippen LogP contribution in [-0.2, 0) is 9.53 Å². The van der Waals surface area contributed by atoms with Gasteiger partial charge >= 0.3 is 0 Å². The molecule has 90 valence electrons. The van der Waals surface area contributed by atoms with Crippen LogP contribution in [-0.4, -0.2) is 39.3 Å². The van der Waals surface area contributed by atoms with Gasteiger partial charge in [0, 0.05) is 20.1 Å². The predicted molar refractivity (Wildman–Crippen MR) is 62.3 cm³/mol. The molecule has 0 aromatic rings. The first-order valence-electron chi connectivity index (χ1n) is 5.20. The molecule has 0 aromatic carbocycles. The Bertz CT molecular complexity index is 186. The fourth-order valence-electron chi connectivity index (χ4n) is 1.49. The highest BCUT2D eigenvalue weighted by Crippen LogP contribution is 2.32. The number of halogens is 1. The summed E-state index contributed by atoms with van der Waals surface area (Å²) >= 11 is 0. The zero-order valence-electron chi connectivity index (χ0n) is 9.41. The second-order valence-electron chi connectivity index (χ2n) is 3.82. The number of carbonyl (C=O) groups excluding carboxylic acids is 1. The van der Waals surface area contributed by atoms with E-state index in [0.717, 1.165) is 6.54 Å². The molecule has 1 aliphatic rings. The fourth-order valence-corrected chi connectivity index (χ4v) is 1.49. The van der Waals surface area contributed by atoms with Gasteiger partial charge < -0.3 is 15.4 Å². The summed E-state index contributed by atoms with van der Waals surface area (Å²) in [5.41, 5.74) is 0. The molecule has 1 amide bonds. The van der Waals surface area contributed by atoms with E-state index in [1.807, 2.05) is 7.05 Å². The molecule has 1 fully saturated rings. The monoisotopic (exact) mass is 236 g/mol. The van der Waals surface area contributed by atoms with Gasteiger partial charge in [-0.25, -0.2) is 0 Å². The molecule has 2 N–H and O–H groups in total. The van der Waals surface area contributed by atoms with Crippen LogP contribution in [0.1, 0.15) is 19.3 Å². The maximum Gasteiger partial charge on any atom is 0.221 e. The molecule has 4 nitrogen and oxygen atoms in total. The molecule has 0 bridgehead atoms. The molecular weight excluding hydrogens is 216 g/mol. The summed E-state index contributed by atoms with van der Waals surface area (Å²) in [5, 5.41) is 5.97. The zero-order valence-corrected chi connectivity index (χ0v) is 10.2. The fraction of sp³-hybridized carbons (Fsp3) is 0.900. The Labute approximate surface area is 97.5 Å². The lowest BCUT2D eigenvalue weighted by molar-refractivity contribution is -0.122. The lowest BCUT2D eigenvalue weighted by Crippen LogP contribution is -2.40. The third kappa shape index (κ3) is 5.97. The SMILES string of the molecule is CNCCC(=O)NC(COC)C1CC1.Cl. The third-order valence-corrected chi connectivity index (χ3v) is 2.49. The van der Waals surface area contributed by atoms with Gasteiger partial charge in [-0.1, -0.05) is 0 Å². The first-order chi connectivity index (χ1) is 6.77. The molecule has 1 atom stereocenters. The minimum atomic E-state index is 0. The molecule has 1 saturated carbocycles. The average Bonchev–Trinajstić information content (AvgIpc) is 2.97. The Kier molecular flexibility index (Phi) is 7.74. The van der Waals surface area contributed by atoms with Crippen molar-refractivity contribution in [3.63, 3.8) is 0 Å². The zero-order chi connectivity index (χ0) is 10.4. The van der Waals surface area contributed by atoms with Crippen LogP contribution in [0, 0.1) is 5.92 Å². The van der Waals surface area contributed by atoms with Gasteiger partial charge in [0.2, 0.25) is 5.91 Å². The van der Waals surface area contributed by atoms with Gasteiger partial charge in [-0.2, -0.15) is 0 Å². The number of amides is 1. The summed E-state index contributed by atoms with van der Waals surface area (Å²) < 4.78 is 5.08. The van der Waals surface area contributed by atoms with Crippen molar-refractivity contribution < 1.29 is 9.53 Å². The molecule has 5 heteroatoms. The van der Waals surface area contributed by atoms with Gasteiger partial charge in [0.1, 0.15) is 0 Å². The highest BCUT2D eigenvalue weighted by atomic mass is 35.5. The number of methoxy groups -OCH3 is 1. The summed E-state index contributed by atoms with van der Waals surface area (Å²) in [5.74, 6) is 0.766. The van der Waals surface area contributed by atoms with Gasteiger partial charge in [0.15, 0.2) is 0 Å². The van der Waals surface area contributed by atoms with Crippen LogP contribution in [0.4, 0.5) is 0 Å². The lowest BCUT2D eigenvalue weighted by atomic mass is 10.2. The average molecular weight is 237 g/mol. The van der Waals surface area contributed by atoms with E-state index >= 15 is 0 Å². The van der Waals surface area contributed by atoms with Crippen LogP contribution in [0.5, 0.6) is 0 Å². The Morgan fingerprint density at radius 2 is 2.20 bits per heavy atom. The first kappa shape index (κ1) is 14.7. The number of hydrogen-bond acceptors (Lipinski definition) is 3. The standard InChI is InChI=1S/C10H20N2O2.ClH/c1-11-6-5-10(13)12-9(7-14-2)8-3-4-8;/h8-9,11H,3-7H2,1-2H3,(H,12,13);1H. The van der Waals surface area contributed by atoms with Crippen LogP contribution < -0.4 is 10.6 Å². The van der Waals surface area contributed by atoms with Crippen molar-refractivity contribution in [1.29, 1.82) is 0 Å². The second-order valence-corrected chi connectivity index (χ2v) is 3.82. The topological polar surface area (TPSA) is 50.4 Å². The summed E-state index contributed by atoms with van der Waals surface area (Å²) in [7, 11) is 3.52. The maximum absolute atomic E-state index is 11.4. The van der Waals surface area contributed by atoms with Gasteiger partial charge in [-0.15, -0.1) is 12.4 Å². The van der Waals surface area contributed by atoms with Crippen LogP contribution in [0.2, 0.25) is 0 Å². The van der Waals surface area contributed by atoms with Crippen LogP contribution in [0.3, 0.4) is 0 Å². The minimum Gasteiger partial charge on any atom is -0.383 e. The molecule has 1 rings (SSSR count). The van der Waals surface area contributed by atoms with E-state index in [1.165, 1.54) is 12.8 Å². The van der Waals surface area contributed by atoms with Crippen molar-refractivity contribution in [2.45, 2.75) is 25.3 Å². The molecule has 1 aliphatic carbocycles. The second kappa shape index (κ2) is 7.91. The molecule has 1 unspecified atom stereocenters. The summed E-state index contributed by atoms with van der Waals surface area (Å²) in [6.07, 6.45) is 2.99. The van der Waals surface area contributed by atoms with Crippen molar-refractivity contribution in [2.75, 3.05) is 27.3 Å². The van der Waals surface area contributed by atoms with Crippen molar-refractivity contribution >= 4 is 18.3 Å². The molecule has 0 saturated heterocycles. The molecular formula is C10H21ClN2O2. The molecule has 0 aromatic heterocycles. The lowest BCUT2D eigenvalue weighted by Gasteiger charge is -2.17. The molecule has 0 radical (unpaired) electrons. The molecule has 0 heterocycles. The van der Waals surface area contributed by atoms with Gasteiger partial charge in [0.05, 0.1) is 12.6 Å². The minimum absolute atomic E-state index is 0. The summed E-state index contributed by atoms with van der Waals surface area (Å²) in [6, 6.07) is 0.226. The maximum atomic E-state index is 11.4. The quantitative estimate of drug-likeness (QED) is 0.679. The number of nitrogens with one attached hydrogen (secondary N) is 2. The number of ether oxygens (including phenoxy) is 1. The third-order valence-electron chi connectivity index (χ3n) is 2.49. The van der Waals surface area contributed by atoms with Crippen molar-refractivity contribution in [3.05, 3.63) is 0 Å². The Morgan fingerprint density at radius 3 is 2.67 bits per heavy atom. The Morgan fingerprint density at radius 1 is 1.53 bits per heavy atom.